The van der Waals surface area contributed by atoms with E-state index < -0.39 is 16.8 Å². The molecular formula is C14H11ClO3S. The molecule has 0 radical (unpaired) electrons. The van der Waals surface area contributed by atoms with Crippen LogP contribution in [0.5, 0.6) is 0 Å². The summed E-state index contributed by atoms with van der Waals surface area (Å²) in [5, 5.41) is 9.49. The smallest absolute Gasteiger partial charge is 0.335 e. The molecule has 2 aromatic rings. The van der Waals surface area contributed by atoms with E-state index in [0.717, 1.165) is 5.56 Å². The average Bonchev–Trinajstić information content (AvgIpc) is 2.39. The molecule has 0 spiro atoms. The summed E-state index contributed by atoms with van der Waals surface area (Å²) in [6, 6.07) is 13.3. The topological polar surface area (TPSA) is 54.4 Å². The molecule has 0 aliphatic heterocycles. The van der Waals surface area contributed by atoms with Gasteiger partial charge in [0, 0.05) is 9.92 Å². The molecule has 98 valence electrons. The minimum Gasteiger partial charge on any atom is -0.478 e. The van der Waals surface area contributed by atoms with Crippen molar-refractivity contribution in [3.8, 4) is 0 Å². The third-order valence-electron chi connectivity index (χ3n) is 2.53. The summed E-state index contributed by atoms with van der Waals surface area (Å²) in [5.41, 5.74) is 0.989. The van der Waals surface area contributed by atoms with Crippen LogP contribution in [0.3, 0.4) is 0 Å². The maximum Gasteiger partial charge on any atom is 0.335 e. The van der Waals surface area contributed by atoms with Crippen molar-refractivity contribution in [2.24, 2.45) is 0 Å². The molecule has 0 saturated carbocycles. The van der Waals surface area contributed by atoms with Crippen LogP contribution in [0.1, 0.15) is 15.9 Å². The number of carboxylic acids is 1. The van der Waals surface area contributed by atoms with Gasteiger partial charge in [0.15, 0.2) is 0 Å². The summed E-state index contributed by atoms with van der Waals surface area (Å²) < 4.78 is 12.2. The molecule has 1 atom stereocenters. The fourth-order valence-corrected chi connectivity index (χ4v) is 2.98. The second-order valence-electron chi connectivity index (χ2n) is 3.95. The first-order valence-corrected chi connectivity index (χ1v) is 7.22. The van der Waals surface area contributed by atoms with E-state index in [2.05, 4.69) is 0 Å². The number of carbonyl (C=O) groups is 1. The highest BCUT2D eigenvalue weighted by atomic mass is 35.5. The monoisotopic (exact) mass is 294 g/mol. The van der Waals surface area contributed by atoms with Crippen molar-refractivity contribution in [3.05, 3.63) is 64.7 Å². The number of benzene rings is 2. The Labute approximate surface area is 118 Å². The molecule has 2 rings (SSSR count). The fourth-order valence-electron chi connectivity index (χ4n) is 1.63. The van der Waals surface area contributed by atoms with Crippen molar-refractivity contribution in [1.82, 2.24) is 0 Å². The van der Waals surface area contributed by atoms with Gasteiger partial charge in [0.05, 0.1) is 22.1 Å². The molecule has 0 bridgehead atoms. The van der Waals surface area contributed by atoms with Crippen molar-refractivity contribution < 1.29 is 14.1 Å². The standard InChI is InChI=1S/C14H11ClO3S/c15-12-5-1-3-10(7-12)9-19(18)13-6-2-4-11(8-13)14(16)17/h1-8H,9H2,(H,16,17). The van der Waals surface area contributed by atoms with Gasteiger partial charge < -0.3 is 5.11 Å². The molecular weight excluding hydrogens is 284 g/mol. The minimum absolute atomic E-state index is 0.136. The van der Waals surface area contributed by atoms with Gasteiger partial charge in [-0.25, -0.2) is 4.79 Å². The van der Waals surface area contributed by atoms with Gasteiger partial charge in [-0.15, -0.1) is 0 Å². The molecule has 0 heterocycles. The van der Waals surface area contributed by atoms with Crippen LogP contribution in [0.15, 0.2) is 53.4 Å². The van der Waals surface area contributed by atoms with Crippen molar-refractivity contribution in [1.29, 1.82) is 0 Å². The van der Waals surface area contributed by atoms with Crippen molar-refractivity contribution >= 4 is 28.4 Å². The van der Waals surface area contributed by atoms with Gasteiger partial charge in [-0.3, -0.25) is 4.21 Å². The van der Waals surface area contributed by atoms with Crippen LogP contribution in [0.4, 0.5) is 0 Å². The molecule has 19 heavy (non-hydrogen) atoms. The Morgan fingerprint density at radius 1 is 1.16 bits per heavy atom. The lowest BCUT2D eigenvalue weighted by atomic mass is 10.2. The molecule has 0 fully saturated rings. The van der Waals surface area contributed by atoms with Gasteiger partial charge in [-0.1, -0.05) is 29.8 Å². The van der Waals surface area contributed by atoms with Crippen LogP contribution in [-0.2, 0) is 16.6 Å². The van der Waals surface area contributed by atoms with E-state index >= 15 is 0 Å². The summed E-state index contributed by atoms with van der Waals surface area (Å²) in [7, 11) is -1.29. The molecule has 1 N–H and O–H groups in total. The zero-order valence-corrected chi connectivity index (χ0v) is 11.4. The zero-order chi connectivity index (χ0) is 13.8. The first-order chi connectivity index (χ1) is 9.06. The molecule has 0 amide bonds. The first kappa shape index (κ1) is 13.8. The van der Waals surface area contributed by atoms with Crippen LogP contribution in [0, 0.1) is 0 Å². The quantitative estimate of drug-likeness (QED) is 0.941. The molecule has 1 unspecified atom stereocenters. The summed E-state index contributed by atoms with van der Waals surface area (Å²) in [6.07, 6.45) is 0. The van der Waals surface area contributed by atoms with Gasteiger partial charge in [0.2, 0.25) is 0 Å². The molecule has 2 aromatic carbocycles. The van der Waals surface area contributed by atoms with Gasteiger partial charge in [-0.05, 0) is 35.9 Å². The lowest BCUT2D eigenvalue weighted by molar-refractivity contribution is 0.0696. The second-order valence-corrected chi connectivity index (χ2v) is 5.84. The van der Waals surface area contributed by atoms with E-state index in [1.807, 2.05) is 6.07 Å². The van der Waals surface area contributed by atoms with E-state index in [4.69, 9.17) is 16.7 Å². The minimum atomic E-state index is -1.29. The van der Waals surface area contributed by atoms with Gasteiger partial charge in [0.1, 0.15) is 0 Å². The maximum atomic E-state index is 12.2. The van der Waals surface area contributed by atoms with Gasteiger partial charge in [-0.2, -0.15) is 0 Å². The molecule has 0 aliphatic carbocycles. The van der Waals surface area contributed by atoms with Crippen LogP contribution in [0.25, 0.3) is 0 Å². The SMILES string of the molecule is O=C(O)c1cccc(S(=O)Cc2cccc(Cl)c2)c1. The Kier molecular flexibility index (Phi) is 4.35. The molecule has 0 aliphatic rings. The Hall–Kier alpha value is -1.65. The molecule has 0 saturated heterocycles. The number of halogens is 1. The van der Waals surface area contributed by atoms with E-state index in [-0.39, 0.29) is 5.56 Å². The molecule has 3 nitrogen and oxygen atoms in total. The predicted molar refractivity (Wildman–Crippen MR) is 75.0 cm³/mol. The Bertz CT molecular complexity index is 640. The highest BCUT2D eigenvalue weighted by Gasteiger charge is 2.09. The van der Waals surface area contributed by atoms with E-state index in [9.17, 15) is 9.00 Å². The summed E-state index contributed by atoms with van der Waals surface area (Å²) in [5.74, 6) is -0.717. The first-order valence-electron chi connectivity index (χ1n) is 5.52. The highest BCUT2D eigenvalue weighted by molar-refractivity contribution is 7.84. The molecule has 5 heteroatoms. The van der Waals surface area contributed by atoms with Crippen LogP contribution >= 0.6 is 11.6 Å². The Morgan fingerprint density at radius 3 is 2.58 bits per heavy atom. The number of rotatable bonds is 4. The van der Waals surface area contributed by atoms with Gasteiger partial charge >= 0.3 is 5.97 Å². The fraction of sp³-hybridized carbons (Fsp3) is 0.0714. The summed E-state index contributed by atoms with van der Waals surface area (Å²) >= 11 is 5.86. The second kappa shape index (κ2) is 5.99. The predicted octanol–water partition coefficient (Wildman–Crippen LogP) is 3.35. The third-order valence-corrected chi connectivity index (χ3v) is 4.14. The summed E-state index contributed by atoms with van der Waals surface area (Å²) in [6.45, 7) is 0. The van der Waals surface area contributed by atoms with Crippen molar-refractivity contribution in [2.75, 3.05) is 0 Å². The van der Waals surface area contributed by atoms with Gasteiger partial charge in [0.25, 0.3) is 0 Å². The number of hydrogen-bond donors (Lipinski definition) is 1. The lowest BCUT2D eigenvalue weighted by Gasteiger charge is -2.04. The van der Waals surface area contributed by atoms with Crippen molar-refractivity contribution in [2.45, 2.75) is 10.6 Å². The Balaban J connectivity index is 2.20. The largest absolute Gasteiger partial charge is 0.478 e. The zero-order valence-electron chi connectivity index (χ0n) is 9.88. The molecule has 0 aromatic heterocycles. The van der Waals surface area contributed by atoms with Crippen LogP contribution < -0.4 is 0 Å². The van der Waals surface area contributed by atoms with Crippen LogP contribution in [0.2, 0.25) is 5.02 Å². The third kappa shape index (κ3) is 3.66. The van der Waals surface area contributed by atoms with Crippen LogP contribution in [-0.4, -0.2) is 15.3 Å². The summed E-state index contributed by atoms with van der Waals surface area (Å²) in [4.78, 5) is 11.4. The van der Waals surface area contributed by atoms with Crippen molar-refractivity contribution in [3.63, 3.8) is 0 Å². The average molecular weight is 295 g/mol. The van der Waals surface area contributed by atoms with E-state index in [1.165, 1.54) is 12.1 Å². The number of aromatic carboxylic acids is 1. The maximum absolute atomic E-state index is 12.2. The van der Waals surface area contributed by atoms with E-state index in [0.29, 0.717) is 15.7 Å². The number of hydrogen-bond acceptors (Lipinski definition) is 2. The normalized spacial score (nSPS) is 12.1. The van der Waals surface area contributed by atoms with E-state index in [1.54, 1.807) is 30.3 Å². The highest BCUT2D eigenvalue weighted by Crippen LogP contribution is 2.17. The Morgan fingerprint density at radius 2 is 1.89 bits per heavy atom. The lowest BCUT2D eigenvalue weighted by Crippen LogP contribution is -2.00. The number of carboxylic acid groups (broad SMARTS) is 1.